The van der Waals surface area contributed by atoms with Gasteiger partial charge in [-0.2, -0.15) is 13.2 Å². The molecule has 122 valence electrons. The first-order valence-electron chi connectivity index (χ1n) is 6.42. The Morgan fingerprint density at radius 1 is 1.09 bits per heavy atom. The molecule has 7 nitrogen and oxygen atoms in total. The van der Waals surface area contributed by atoms with Crippen LogP contribution in [0.15, 0.2) is 12.1 Å². The number of benzene rings is 1. The first-order chi connectivity index (χ1) is 10.1. The number of hydrogen-bond acceptors (Lipinski definition) is 5. The largest absolute Gasteiger partial charge is 0.423 e. The minimum Gasteiger partial charge on any atom is -0.377 e. The van der Waals surface area contributed by atoms with E-state index in [4.69, 9.17) is 0 Å². The van der Waals surface area contributed by atoms with Crippen LogP contribution >= 0.6 is 0 Å². The number of nitro benzene ring substituents is 2. The molecule has 0 bridgehead atoms. The molecule has 0 atom stereocenters. The van der Waals surface area contributed by atoms with Crippen molar-refractivity contribution in [2.24, 2.45) is 0 Å². The predicted molar refractivity (Wildman–Crippen MR) is 72.7 cm³/mol. The Hall–Kier alpha value is -2.39. The van der Waals surface area contributed by atoms with Gasteiger partial charge in [0.25, 0.3) is 0 Å². The molecule has 0 aliphatic heterocycles. The second-order valence-corrected chi connectivity index (χ2v) is 4.53. The lowest BCUT2D eigenvalue weighted by Gasteiger charge is -2.17. The minimum absolute atomic E-state index is 0.241. The van der Waals surface area contributed by atoms with Crippen molar-refractivity contribution < 1.29 is 23.0 Å². The summed E-state index contributed by atoms with van der Waals surface area (Å²) in [5, 5.41) is 24.7. The van der Waals surface area contributed by atoms with E-state index in [1.54, 1.807) is 13.8 Å². The summed E-state index contributed by atoms with van der Waals surface area (Å²) in [7, 11) is 0. The number of nitrogens with one attached hydrogen (secondary N) is 1. The van der Waals surface area contributed by atoms with Gasteiger partial charge in [0.1, 0.15) is 11.3 Å². The van der Waals surface area contributed by atoms with Crippen LogP contribution in [-0.2, 0) is 6.18 Å². The molecule has 0 saturated carbocycles. The van der Waals surface area contributed by atoms with Gasteiger partial charge in [0.05, 0.1) is 9.85 Å². The van der Waals surface area contributed by atoms with Gasteiger partial charge in [-0.1, -0.05) is 13.8 Å². The molecule has 1 rings (SSSR count). The number of nitro groups is 2. The van der Waals surface area contributed by atoms with Crippen molar-refractivity contribution in [2.75, 3.05) is 5.32 Å². The Labute approximate surface area is 123 Å². The summed E-state index contributed by atoms with van der Waals surface area (Å²) in [6.07, 6.45) is -3.94. The van der Waals surface area contributed by atoms with Crippen molar-refractivity contribution in [1.82, 2.24) is 0 Å². The summed E-state index contributed by atoms with van der Waals surface area (Å²) >= 11 is 0. The Balaban J connectivity index is 3.59. The fourth-order valence-corrected chi connectivity index (χ4v) is 2.01. The molecule has 0 amide bonds. The maximum Gasteiger partial charge on any atom is 0.423 e. The lowest BCUT2D eigenvalue weighted by Crippen LogP contribution is -2.19. The predicted octanol–water partition coefficient (Wildman–Crippen LogP) is 4.12. The van der Waals surface area contributed by atoms with Gasteiger partial charge < -0.3 is 5.32 Å². The number of hydrogen-bond donors (Lipinski definition) is 1. The van der Waals surface area contributed by atoms with Crippen LogP contribution in [-0.4, -0.2) is 15.9 Å². The summed E-state index contributed by atoms with van der Waals surface area (Å²) in [5.74, 6) is 0. The van der Waals surface area contributed by atoms with Crippen LogP contribution < -0.4 is 5.32 Å². The third-order valence-electron chi connectivity index (χ3n) is 3.17. The molecule has 0 spiro atoms. The van der Waals surface area contributed by atoms with Gasteiger partial charge in [0.2, 0.25) is 0 Å². The molecule has 1 N–H and O–H groups in total. The molecule has 10 heteroatoms. The highest BCUT2D eigenvalue weighted by molar-refractivity contribution is 5.75. The molecule has 0 fully saturated rings. The molecule has 22 heavy (non-hydrogen) atoms. The van der Waals surface area contributed by atoms with Crippen molar-refractivity contribution in [1.29, 1.82) is 0 Å². The highest BCUT2D eigenvalue weighted by Gasteiger charge is 2.44. The van der Waals surface area contributed by atoms with Crippen LogP contribution in [0.3, 0.4) is 0 Å². The van der Waals surface area contributed by atoms with Gasteiger partial charge in [0.15, 0.2) is 0 Å². The van der Waals surface area contributed by atoms with Gasteiger partial charge in [-0.25, -0.2) is 0 Å². The highest BCUT2D eigenvalue weighted by atomic mass is 19.4. The quantitative estimate of drug-likeness (QED) is 0.627. The van der Waals surface area contributed by atoms with Crippen LogP contribution in [0.4, 0.5) is 30.2 Å². The second kappa shape index (κ2) is 6.58. The first-order valence-corrected chi connectivity index (χ1v) is 6.42. The van der Waals surface area contributed by atoms with Crippen LogP contribution in [0.5, 0.6) is 0 Å². The number of nitrogens with zero attached hydrogens (tertiary/aromatic N) is 2. The Kier molecular flexibility index (Phi) is 5.28. The van der Waals surface area contributed by atoms with E-state index in [2.05, 4.69) is 5.32 Å². The first kappa shape index (κ1) is 17.7. The van der Waals surface area contributed by atoms with Crippen molar-refractivity contribution in [3.05, 3.63) is 37.9 Å². The third kappa shape index (κ3) is 3.62. The van der Waals surface area contributed by atoms with Gasteiger partial charge in [0, 0.05) is 6.04 Å². The number of anilines is 1. The normalized spacial score (nSPS) is 11.5. The molecule has 0 saturated heterocycles. The van der Waals surface area contributed by atoms with E-state index in [1.807, 2.05) is 0 Å². The summed E-state index contributed by atoms with van der Waals surface area (Å²) in [4.78, 5) is 19.5. The van der Waals surface area contributed by atoms with E-state index < -0.39 is 33.0 Å². The lowest BCUT2D eigenvalue weighted by atomic mass is 10.1. The van der Waals surface area contributed by atoms with E-state index in [-0.39, 0.29) is 11.7 Å². The molecule has 0 radical (unpaired) electrons. The van der Waals surface area contributed by atoms with Crippen LogP contribution in [0.25, 0.3) is 0 Å². The van der Waals surface area contributed by atoms with Crippen LogP contribution in [0, 0.1) is 20.2 Å². The molecule has 0 aromatic heterocycles. The topological polar surface area (TPSA) is 98.3 Å². The van der Waals surface area contributed by atoms with Crippen LogP contribution in [0.2, 0.25) is 0 Å². The molecule has 1 aromatic rings. The number of alkyl halides is 3. The number of halogens is 3. The second-order valence-electron chi connectivity index (χ2n) is 4.53. The van der Waals surface area contributed by atoms with E-state index in [0.717, 1.165) is 6.07 Å². The maximum atomic E-state index is 12.8. The highest BCUT2D eigenvalue weighted by Crippen LogP contribution is 2.44. The monoisotopic (exact) mass is 321 g/mol. The molecule has 0 heterocycles. The zero-order valence-electron chi connectivity index (χ0n) is 11.8. The summed E-state index contributed by atoms with van der Waals surface area (Å²) in [6.45, 7) is 3.57. The third-order valence-corrected chi connectivity index (χ3v) is 3.17. The molecular formula is C12H14F3N3O4. The standard InChI is InChI=1S/C12H14F3N3O4/c1-3-7(4-2)16-9-6-5-8(12(13,14)15)10(17(19)20)11(9)18(21)22/h5-7,16H,3-4H2,1-2H3. The van der Waals surface area contributed by atoms with Crippen molar-refractivity contribution in [2.45, 2.75) is 38.9 Å². The molecule has 0 unspecified atom stereocenters. The smallest absolute Gasteiger partial charge is 0.377 e. The molecule has 1 aromatic carbocycles. The Morgan fingerprint density at radius 3 is 1.95 bits per heavy atom. The Bertz CT molecular complexity index is 586. The fourth-order valence-electron chi connectivity index (χ4n) is 2.01. The van der Waals surface area contributed by atoms with Crippen molar-refractivity contribution >= 4 is 17.1 Å². The molecular weight excluding hydrogens is 307 g/mol. The van der Waals surface area contributed by atoms with Crippen LogP contribution in [0.1, 0.15) is 32.3 Å². The van der Waals surface area contributed by atoms with E-state index in [9.17, 15) is 33.4 Å². The van der Waals surface area contributed by atoms with Gasteiger partial charge in [-0.3, -0.25) is 20.2 Å². The zero-order valence-corrected chi connectivity index (χ0v) is 11.8. The summed E-state index contributed by atoms with van der Waals surface area (Å²) in [6, 6.07) is 1.09. The Morgan fingerprint density at radius 2 is 1.59 bits per heavy atom. The summed E-state index contributed by atoms with van der Waals surface area (Å²) in [5.41, 5.74) is -4.65. The van der Waals surface area contributed by atoms with Gasteiger partial charge in [-0.05, 0) is 25.0 Å². The minimum atomic E-state index is -5.05. The van der Waals surface area contributed by atoms with E-state index in [0.29, 0.717) is 18.9 Å². The zero-order chi connectivity index (χ0) is 17.1. The van der Waals surface area contributed by atoms with Gasteiger partial charge >= 0.3 is 17.6 Å². The van der Waals surface area contributed by atoms with E-state index in [1.165, 1.54) is 0 Å². The average Bonchev–Trinajstić information content (AvgIpc) is 2.42. The number of rotatable bonds is 6. The maximum absolute atomic E-state index is 12.8. The van der Waals surface area contributed by atoms with Crippen molar-refractivity contribution in [3.8, 4) is 0 Å². The average molecular weight is 321 g/mol. The van der Waals surface area contributed by atoms with E-state index >= 15 is 0 Å². The summed E-state index contributed by atoms with van der Waals surface area (Å²) < 4.78 is 38.5. The van der Waals surface area contributed by atoms with Gasteiger partial charge in [-0.15, -0.1) is 0 Å². The fraction of sp³-hybridized carbons (Fsp3) is 0.500. The lowest BCUT2D eigenvalue weighted by molar-refractivity contribution is -0.423. The molecule has 0 aliphatic carbocycles. The SMILES string of the molecule is CCC(CC)Nc1ccc(C(F)(F)F)c([N+](=O)[O-])c1[N+](=O)[O-]. The molecule has 0 aliphatic rings. The van der Waals surface area contributed by atoms with Crippen molar-refractivity contribution in [3.63, 3.8) is 0 Å².